The third-order valence-electron chi connectivity index (χ3n) is 2.68. The molecule has 2 aromatic rings. The Labute approximate surface area is 114 Å². The van der Waals surface area contributed by atoms with Gasteiger partial charge in [-0.2, -0.15) is 5.10 Å². The first-order valence-corrected chi connectivity index (χ1v) is 6.25. The van der Waals surface area contributed by atoms with Gasteiger partial charge in [0.25, 0.3) is 0 Å². The summed E-state index contributed by atoms with van der Waals surface area (Å²) in [5.74, 6) is 1.14. The highest BCUT2D eigenvalue weighted by molar-refractivity contribution is 9.10. The van der Waals surface area contributed by atoms with Crippen molar-refractivity contribution in [2.45, 2.75) is 13.8 Å². The first kappa shape index (κ1) is 12.8. The summed E-state index contributed by atoms with van der Waals surface area (Å²) in [6.07, 6.45) is 0.767. The van der Waals surface area contributed by atoms with Crippen molar-refractivity contribution >= 4 is 22.2 Å². The molecule has 0 N–H and O–H groups in total. The molecule has 1 aromatic heterocycles. The predicted octanol–water partition coefficient (Wildman–Crippen LogP) is 3.40. The van der Waals surface area contributed by atoms with Crippen LogP contribution in [0.15, 0.2) is 22.7 Å². The average Bonchev–Trinajstić information content (AvgIpc) is 2.58. The van der Waals surface area contributed by atoms with Gasteiger partial charge in [0.2, 0.25) is 5.88 Å². The summed E-state index contributed by atoms with van der Waals surface area (Å²) in [5, 5.41) is 4.17. The van der Waals surface area contributed by atoms with E-state index in [0.29, 0.717) is 22.9 Å². The van der Waals surface area contributed by atoms with Crippen molar-refractivity contribution in [2.75, 3.05) is 0 Å². The Morgan fingerprint density at radius 3 is 2.72 bits per heavy atom. The molecule has 0 spiro atoms. The SMILES string of the molecule is Cc1cc(Oc2c(C=O)c(C)nn2C)ccc1Br. The van der Waals surface area contributed by atoms with Crippen LogP contribution in [-0.2, 0) is 7.05 Å². The van der Waals surface area contributed by atoms with Crippen LogP contribution >= 0.6 is 15.9 Å². The monoisotopic (exact) mass is 308 g/mol. The molecule has 0 aliphatic rings. The summed E-state index contributed by atoms with van der Waals surface area (Å²) in [7, 11) is 1.75. The zero-order valence-corrected chi connectivity index (χ0v) is 12.0. The molecular formula is C13H13BrN2O2. The number of aryl methyl sites for hydroxylation is 3. The number of halogens is 1. The highest BCUT2D eigenvalue weighted by Gasteiger charge is 2.14. The Morgan fingerprint density at radius 2 is 2.11 bits per heavy atom. The number of carbonyl (C=O) groups is 1. The van der Waals surface area contributed by atoms with Crippen molar-refractivity contribution in [3.63, 3.8) is 0 Å². The number of nitrogens with zero attached hydrogens (tertiary/aromatic N) is 2. The molecule has 1 aromatic carbocycles. The van der Waals surface area contributed by atoms with E-state index in [1.54, 1.807) is 18.7 Å². The lowest BCUT2D eigenvalue weighted by atomic mass is 10.2. The molecule has 0 fully saturated rings. The zero-order valence-electron chi connectivity index (χ0n) is 10.4. The molecule has 4 nitrogen and oxygen atoms in total. The summed E-state index contributed by atoms with van der Waals surface area (Å²) < 4.78 is 8.32. The van der Waals surface area contributed by atoms with Gasteiger partial charge in [-0.15, -0.1) is 0 Å². The van der Waals surface area contributed by atoms with Gasteiger partial charge in [-0.25, -0.2) is 4.68 Å². The minimum Gasteiger partial charge on any atom is -0.439 e. The van der Waals surface area contributed by atoms with Crippen LogP contribution in [0.4, 0.5) is 0 Å². The number of rotatable bonds is 3. The Kier molecular flexibility index (Phi) is 3.52. The van der Waals surface area contributed by atoms with E-state index in [2.05, 4.69) is 21.0 Å². The molecule has 0 saturated carbocycles. The van der Waals surface area contributed by atoms with Crippen LogP contribution in [0.3, 0.4) is 0 Å². The molecule has 0 unspecified atom stereocenters. The second-order valence-corrected chi connectivity index (χ2v) is 4.91. The highest BCUT2D eigenvalue weighted by Crippen LogP contribution is 2.28. The fourth-order valence-corrected chi connectivity index (χ4v) is 1.95. The van der Waals surface area contributed by atoms with Gasteiger partial charge in [0.05, 0.1) is 11.3 Å². The minimum atomic E-state index is 0.462. The van der Waals surface area contributed by atoms with Crippen molar-refractivity contribution in [3.8, 4) is 11.6 Å². The Morgan fingerprint density at radius 1 is 1.39 bits per heavy atom. The molecule has 0 bridgehead atoms. The lowest BCUT2D eigenvalue weighted by Gasteiger charge is -2.08. The number of benzene rings is 1. The Hall–Kier alpha value is -1.62. The van der Waals surface area contributed by atoms with Crippen molar-refractivity contribution in [1.29, 1.82) is 0 Å². The van der Waals surface area contributed by atoms with Crippen molar-refractivity contribution in [1.82, 2.24) is 9.78 Å². The molecule has 5 heteroatoms. The van der Waals surface area contributed by atoms with Gasteiger partial charge in [0.1, 0.15) is 5.75 Å². The number of aromatic nitrogens is 2. The second kappa shape index (κ2) is 4.94. The van der Waals surface area contributed by atoms with E-state index in [1.165, 1.54) is 0 Å². The average molecular weight is 309 g/mol. The highest BCUT2D eigenvalue weighted by atomic mass is 79.9. The number of carbonyl (C=O) groups excluding carboxylic acids is 1. The molecule has 94 valence electrons. The number of hydrogen-bond donors (Lipinski definition) is 0. The maximum Gasteiger partial charge on any atom is 0.228 e. The van der Waals surface area contributed by atoms with Crippen LogP contribution in [0.25, 0.3) is 0 Å². The molecule has 0 amide bonds. The van der Waals surface area contributed by atoms with Crippen LogP contribution in [0.1, 0.15) is 21.6 Å². The summed E-state index contributed by atoms with van der Waals surface area (Å²) in [6.45, 7) is 3.76. The molecule has 2 rings (SSSR count). The number of hydrogen-bond acceptors (Lipinski definition) is 3. The first-order chi connectivity index (χ1) is 8.52. The fraction of sp³-hybridized carbons (Fsp3) is 0.231. The largest absolute Gasteiger partial charge is 0.439 e. The Bertz CT molecular complexity index is 605. The molecule has 1 heterocycles. The summed E-state index contributed by atoms with van der Waals surface area (Å²) in [6, 6.07) is 5.66. The molecule has 0 atom stereocenters. The lowest BCUT2D eigenvalue weighted by molar-refractivity contribution is 0.112. The molecular weight excluding hydrogens is 296 g/mol. The van der Waals surface area contributed by atoms with Crippen LogP contribution < -0.4 is 4.74 Å². The summed E-state index contributed by atoms with van der Waals surface area (Å²) in [4.78, 5) is 11.0. The van der Waals surface area contributed by atoms with Gasteiger partial charge in [-0.3, -0.25) is 4.79 Å². The fourth-order valence-electron chi connectivity index (χ4n) is 1.70. The van der Waals surface area contributed by atoms with E-state index >= 15 is 0 Å². The quantitative estimate of drug-likeness (QED) is 0.816. The van der Waals surface area contributed by atoms with E-state index in [-0.39, 0.29) is 0 Å². The van der Waals surface area contributed by atoms with Gasteiger partial charge < -0.3 is 4.74 Å². The van der Waals surface area contributed by atoms with Crippen molar-refractivity contribution in [2.24, 2.45) is 7.05 Å². The number of ether oxygens (including phenoxy) is 1. The second-order valence-electron chi connectivity index (χ2n) is 4.06. The van der Waals surface area contributed by atoms with E-state index in [4.69, 9.17) is 4.74 Å². The third-order valence-corrected chi connectivity index (χ3v) is 3.57. The molecule has 0 saturated heterocycles. The predicted molar refractivity (Wildman–Crippen MR) is 72.3 cm³/mol. The summed E-state index contributed by atoms with van der Waals surface area (Å²) >= 11 is 3.43. The summed E-state index contributed by atoms with van der Waals surface area (Å²) in [5.41, 5.74) is 2.22. The molecule has 0 aliphatic heterocycles. The zero-order chi connectivity index (χ0) is 13.3. The molecule has 18 heavy (non-hydrogen) atoms. The number of aldehydes is 1. The van der Waals surface area contributed by atoms with Crippen LogP contribution in [-0.4, -0.2) is 16.1 Å². The Balaban J connectivity index is 2.39. The lowest BCUT2D eigenvalue weighted by Crippen LogP contribution is -1.97. The molecule has 0 radical (unpaired) electrons. The minimum absolute atomic E-state index is 0.462. The van der Waals surface area contributed by atoms with E-state index in [1.807, 2.05) is 25.1 Å². The topological polar surface area (TPSA) is 44.1 Å². The van der Waals surface area contributed by atoms with Gasteiger partial charge in [0, 0.05) is 11.5 Å². The van der Waals surface area contributed by atoms with Gasteiger partial charge in [-0.05, 0) is 37.6 Å². The van der Waals surface area contributed by atoms with E-state index in [9.17, 15) is 4.79 Å². The maximum atomic E-state index is 11.0. The van der Waals surface area contributed by atoms with Crippen LogP contribution in [0, 0.1) is 13.8 Å². The van der Waals surface area contributed by atoms with Crippen LogP contribution in [0.5, 0.6) is 11.6 Å². The van der Waals surface area contributed by atoms with E-state index in [0.717, 1.165) is 16.3 Å². The standard InChI is InChI=1S/C13H13BrN2O2/c1-8-6-10(4-5-12(8)14)18-13-11(7-17)9(2)15-16(13)3/h4-7H,1-3H3. The smallest absolute Gasteiger partial charge is 0.228 e. The normalized spacial score (nSPS) is 10.4. The van der Waals surface area contributed by atoms with E-state index < -0.39 is 0 Å². The molecule has 0 aliphatic carbocycles. The van der Waals surface area contributed by atoms with Gasteiger partial charge in [0.15, 0.2) is 6.29 Å². The van der Waals surface area contributed by atoms with Crippen molar-refractivity contribution < 1.29 is 9.53 Å². The van der Waals surface area contributed by atoms with Gasteiger partial charge in [-0.1, -0.05) is 15.9 Å². The third kappa shape index (κ3) is 2.31. The maximum absolute atomic E-state index is 11.0. The first-order valence-electron chi connectivity index (χ1n) is 5.45. The van der Waals surface area contributed by atoms with Crippen molar-refractivity contribution in [3.05, 3.63) is 39.5 Å². The van der Waals surface area contributed by atoms with Gasteiger partial charge >= 0.3 is 0 Å². The van der Waals surface area contributed by atoms with Crippen LogP contribution in [0.2, 0.25) is 0 Å².